The molecule has 2 saturated carbocycles. The monoisotopic (exact) mass is 263 g/mol. The van der Waals surface area contributed by atoms with Gasteiger partial charge in [0.05, 0.1) is 0 Å². The summed E-state index contributed by atoms with van der Waals surface area (Å²) in [5.41, 5.74) is 0. The molecule has 0 aromatic rings. The van der Waals surface area contributed by atoms with Crippen molar-refractivity contribution in [3.63, 3.8) is 0 Å². The van der Waals surface area contributed by atoms with Gasteiger partial charge in [0.1, 0.15) is 0 Å². The molecule has 19 heavy (non-hydrogen) atoms. The number of amides is 1. The van der Waals surface area contributed by atoms with Crippen molar-refractivity contribution in [1.82, 2.24) is 4.90 Å². The SMILES string of the molecule is O=C(CC1CCCCC1)N1CCC1C1CCCCC1. The molecule has 1 heterocycles. The minimum Gasteiger partial charge on any atom is -0.339 e. The van der Waals surface area contributed by atoms with E-state index in [4.69, 9.17) is 0 Å². The number of hydrogen-bond donors (Lipinski definition) is 0. The second-order valence-electron chi connectivity index (χ2n) is 7.05. The molecule has 3 rings (SSSR count). The molecule has 108 valence electrons. The van der Waals surface area contributed by atoms with Crippen LogP contribution in [0.3, 0.4) is 0 Å². The summed E-state index contributed by atoms with van der Waals surface area (Å²) in [6.45, 7) is 1.05. The van der Waals surface area contributed by atoms with E-state index in [1.807, 2.05) is 0 Å². The Morgan fingerprint density at radius 3 is 2.05 bits per heavy atom. The van der Waals surface area contributed by atoms with Crippen LogP contribution in [0.2, 0.25) is 0 Å². The van der Waals surface area contributed by atoms with Crippen molar-refractivity contribution in [2.24, 2.45) is 11.8 Å². The lowest BCUT2D eigenvalue weighted by molar-refractivity contribution is -0.143. The molecule has 2 heteroatoms. The number of likely N-dealkylation sites (tertiary alicyclic amines) is 1. The van der Waals surface area contributed by atoms with Gasteiger partial charge in [0.2, 0.25) is 5.91 Å². The van der Waals surface area contributed by atoms with Gasteiger partial charge in [0, 0.05) is 19.0 Å². The average Bonchev–Trinajstić information content (AvgIpc) is 2.39. The molecule has 3 aliphatic rings. The Morgan fingerprint density at radius 1 is 0.842 bits per heavy atom. The Bertz CT molecular complexity index is 302. The summed E-state index contributed by atoms with van der Waals surface area (Å²) in [5.74, 6) is 2.01. The maximum atomic E-state index is 12.5. The highest BCUT2D eigenvalue weighted by Gasteiger charge is 2.38. The molecule has 1 saturated heterocycles. The third-order valence-corrected chi connectivity index (χ3v) is 5.77. The highest BCUT2D eigenvalue weighted by molar-refractivity contribution is 5.77. The van der Waals surface area contributed by atoms with Crippen molar-refractivity contribution in [3.05, 3.63) is 0 Å². The van der Waals surface area contributed by atoms with Crippen molar-refractivity contribution >= 4 is 5.91 Å². The third kappa shape index (κ3) is 3.14. The van der Waals surface area contributed by atoms with Crippen LogP contribution in [0.4, 0.5) is 0 Å². The second kappa shape index (κ2) is 6.28. The minimum atomic E-state index is 0.480. The van der Waals surface area contributed by atoms with Gasteiger partial charge >= 0.3 is 0 Å². The highest BCUT2D eigenvalue weighted by Crippen LogP contribution is 2.36. The highest BCUT2D eigenvalue weighted by atomic mass is 16.2. The van der Waals surface area contributed by atoms with E-state index in [9.17, 15) is 4.79 Å². The first-order valence-electron chi connectivity index (χ1n) is 8.64. The number of carbonyl (C=O) groups excluding carboxylic acids is 1. The fourth-order valence-electron chi connectivity index (χ4n) is 4.48. The second-order valence-corrected chi connectivity index (χ2v) is 7.05. The molecular weight excluding hydrogens is 234 g/mol. The molecule has 0 spiro atoms. The third-order valence-electron chi connectivity index (χ3n) is 5.77. The van der Waals surface area contributed by atoms with Gasteiger partial charge in [0.15, 0.2) is 0 Å². The van der Waals surface area contributed by atoms with Crippen molar-refractivity contribution in [1.29, 1.82) is 0 Å². The molecule has 1 atom stereocenters. The van der Waals surface area contributed by atoms with Crippen LogP contribution in [0, 0.1) is 11.8 Å². The summed E-state index contributed by atoms with van der Waals surface area (Å²) < 4.78 is 0. The molecule has 2 nitrogen and oxygen atoms in total. The first-order chi connectivity index (χ1) is 9.34. The lowest BCUT2D eigenvalue weighted by Gasteiger charge is -2.47. The van der Waals surface area contributed by atoms with E-state index < -0.39 is 0 Å². The van der Waals surface area contributed by atoms with E-state index in [0.717, 1.165) is 18.9 Å². The summed E-state index contributed by atoms with van der Waals surface area (Å²) in [6, 6.07) is 0.622. The van der Waals surface area contributed by atoms with Gasteiger partial charge in [-0.15, -0.1) is 0 Å². The normalized spacial score (nSPS) is 30.1. The first kappa shape index (κ1) is 13.5. The van der Waals surface area contributed by atoms with Crippen LogP contribution >= 0.6 is 0 Å². The number of carbonyl (C=O) groups is 1. The molecule has 1 amide bonds. The van der Waals surface area contributed by atoms with Crippen LogP contribution in [0.25, 0.3) is 0 Å². The fourth-order valence-corrected chi connectivity index (χ4v) is 4.48. The van der Waals surface area contributed by atoms with Crippen molar-refractivity contribution in [2.75, 3.05) is 6.54 Å². The number of nitrogens with zero attached hydrogens (tertiary/aromatic N) is 1. The Hall–Kier alpha value is -0.530. The summed E-state index contributed by atoms with van der Waals surface area (Å²) in [6.07, 6.45) is 15.8. The van der Waals surface area contributed by atoms with Crippen LogP contribution in [0.5, 0.6) is 0 Å². The fraction of sp³-hybridized carbons (Fsp3) is 0.941. The molecule has 0 aromatic carbocycles. The van der Waals surface area contributed by atoms with Crippen LogP contribution in [-0.4, -0.2) is 23.4 Å². The predicted molar refractivity (Wildman–Crippen MR) is 77.9 cm³/mol. The molecule has 0 aromatic heterocycles. The van der Waals surface area contributed by atoms with Crippen molar-refractivity contribution < 1.29 is 4.79 Å². The Labute approximate surface area is 117 Å². The standard InChI is InChI=1S/C17H29NO/c19-17(13-14-7-3-1-4-8-14)18-12-11-16(18)15-9-5-2-6-10-15/h14-16H,1-13H2. The maximum Gasteiger partial charge on any atom is 0.223 e. The van der Waals surface area contributed by atoms with Crippen LogP contribution in [-0.2, 0) is 4.79 Å². The summed E-state index contributed by atoms with van der Waals surface area (Å²) in [5, 5.41) is 0. The smallest absolute Gasteiger partial charge is 0.223 e. The topological polar surface area (TPSA) is 20.3 Å². The van der Waals surface area contributed by atoms with E-state index in [0.29, 0.717) is 17.9 Å². The minimum absolute atomic E-state index is 0.480. The molecule has 1 unspecified atom stereocenters. The zero-order chi connectivity index (χ0) is 13.1. The van der Waals surface area contributed by atoms with E-state index in [1.165, 1.54) is 70.6 Å². The van der Waals surface area contributed by atoms with Crippen LogP contribution in [0.1, 0.15) is 77.0 Å². The van der Waals surface area contributed by atoms with Gasteiger partial charge in [-0.1, -0.05) is 38.5 Å². The van der Waals surface area contributed by atoms with Gasteiger partial charge in [0.25, 0.3) is 0 Å². The quantitative estimate of drug-likeness (QED) is 0.749. The summed E-state index contributed by atoms with van der Waals surface area (Å²) >= 11 is 0. The van der Waals surface area contributed by atoms with Gasteiger partial charge in [-0.25, -0.2) is 0 Å². The first-order valence-corrected chi connectivity index (χ1v) is 8.64. The molecule has 1 aliphatic heterocycles. The van der Waals surface area contributed by atoms with Gasteiger partial charge in [-0.3, -0.25) is 4.79 Å². The maximum absolute atomic E-state index is 12.5. The predicted octanol–water partition coefficient (Wildman–Crippen LogP) is 4.14. The van der Waals surface area contributed by atoms with Gasteiger partial charge in [-0.2, -0.15) is 0 Å². The average molecular weight is 263 g/mol. The van der Waals surface area contributed by atoms with Crippen molar-refractivity contribution in [3.8, 4) is 0 Å². The summed E-state index contributed by atoms with van der Waals surface area (Å²) in [7, 11) is 0. The molecular formula is C17H29NO. The lowest BCUT2D eigenvalue weighted by Crippen LogP contribution is -2.55. The van der Waals surface area contributed by atoms with E-state index in [2.05, 4.69) is 4.90 Å². The van der Waals surface area contributed by atoms with E-state index >= 15 is 0 Å². The number of rotatable bonds is 3. The number of hydrogen-bond acceptors (Lipinski definition) is 1. The molecule has 0 N–H and O–H groups in total. The zero-order valence-corrected chi connectivity index (χ0v) is 12.3. The zero-order valence-electron chi connectivity index (χ0n) is 12.3. The van der Waals surface area contributed by atoms with Crippen LogP contribution in [0.15, 0.2) is 0 Å². The Morgan fingerprint density at radius 2 is 1.47 bits per heavy atom. The largest absolute Gasteiger partial charge is 0.339 e. The van der Waals surface area contributed by atoms with Gasteiger partial charge in [-0.05, 0) is 43.9 Å². The van der Waals surface area contributed by atoms with Gasteiger partial charge < -0.3 is 4.90 Å². The van der Waals surface area contributed by atoms with Crippen LogP contribution < -0.4 is 0 Å². The molecule has 0 radical (unpaired) electrons. The Balaban J connectivity index is 1.49. The van der Waals surface area contributed by atoms with E-state index in [-0.39, 0.29) is 0 Å². The molecule has 3 fully saturated rings. The molecule has 2 aliphatic carbocycles. The summed E-state index contributed by atoms with van der Waals surface area (Å²) in [4.78, 5) is 14.7. The Kier molecular flexibility index (Phi) is 4.45. The van der Waals surface area contributed by atoms with Crippen molar-refractivity contribution in [2.45, 2.75) is 83.1 Å². The van der Waals surface area contributed by atoms with E-state index in [1.54, 1.807) is 0 Å². The molecule has 0 bridgehead atoms. The lowest BCUT2D eigenvalue weighted by atomic mass is 9.78.